The summed E-state index contributed by atoms with van der Waals surface area (Å²) in [6, 6.07) is 5.33. The van der Waals surface area contributed by atoms with Gasteiger partial charge in [0.2, 0.25) is 11.9 Å². The van der Waals surface area contributed by atoms with Crippen molar-refractivity contribution in [1.29, 1.82) is 10.5 Å². The Bertz CT molecular complexity index is 1140. The molecule has 0 aliphatic carbocycles. The molecule has 0 spiro atoms. The number of hydrogen-bond donors (Lipinski definition) is 2. The Labute approximate surface area is 280 Å². The van der Waals surface area contributed by atoms with E-state index in [-0.39, 0.29) is 52.2 Å². The molecule has 3 rings (SSSR count). The van der Waals surface area contributed by atoms with Crippen molar-refractivity contribution in [2.24, 2.45) is 10.8 Å². The van der Waals surface area contributed by atoms with Crippen LogP contribution in [-0.2, 0) is 0 Å². The smallest absolute Gasteiger partial charge is 0.323 e. The van der Waals surface area contributed by atoms with Gasteiger partial charge in [0.1, 0.15) is 0 Å². The maximum absolute atomic E-state index is 10.2. The van der Waals surface area contributed by atoms with E-state index in [1.165, 1.54) is 0 Å². The minimum absolute atomic E-state index is 0.0718. The van der Waals surface area contributed by atoms with E-state index in [4.69, 9.17) is 19.7 Å². The van der Waals surface area contributed by atoms with E-state index >= 15 is 0 Å². The van der Waals surface area contributed by atoms with Gasteiger partial charge in [0.25, 0.3) is 0 Å². The molecule has 3 heterocycles. The van der Waals surface area contributed by atoms with Crippen LogP contribution in [0, 0.1) is 33.5 Å². The molecule has 2 aliphatic heterocycles. The maximum atomic E-state index is 10.2. The van der Waals surface area contributed by atoms with Crippen molar-refractivity contribution in [2.45, 2.75) is 176 Å². The highest BCUT2D eigenvalue weighted by atomic mass is 16.5. The highest BCUT2D eigenvalue weighted by molar-refractivity contribution is 5.46. The fraction of sp³-hybridized carbons (Fsp3) is 0.861. The number of aromatic nitrogens is 3. The normalized spacial score (nSPS) is 22.8. The fourth-order valence-corrected chi connectivity index (χ4v) is 7.25. The molecule has 0 amide bonds. The predicted molar refractivity (Wildman–Crippen MR) is 187 cm³/mol. The lowest BCUT2D eigenvalue weighted by molar-refractivity contribution is 0.197. The summed E-state index contributed by atoms with van der Waals surface area (Å²) in [5.74, 6) is 1.13. The molecule has 46 heavy (non-hydrogen) atoms. The summed E-state index contributed by atoms with van der Waals surface area (Å²) in [5.41, 5.74) is -0.499. The van der Waals surface area contributed by atoms with Crippen LogP contribution in [0.1, 0.15) is 134 Å². The number of rotatable bonds is 14. The first-order valence-electron chi connectivity index (χ1n) is 17.6. The molecule has 10 nitrogen and oxygen atoms in total. The highest BCUT2D eigenvalue weighted by Crippen LogP contribution is 2.41. The van der Waals surface area contributed by atoms with Gasteiger partial charge in [0, 0.05) is 23.2 Å². The second kappa shape index (κ2) is 15.0. The summed E-state index contributed by atoms with van der Waals surface area (Å²) in [7, 11) is 0. The minimum Gasteiger partial charge on any atom is -0.461 e. The fourth-order valence-electron chi connectivity index (χ4n) is 7.25. The van der Waals surface area contributed by atoms with Crippen LogP contribution in [0.4, 0.5) is 11.9 Å². The minimum atomic E-state index is -0.178. The van der Waals surface area contributed by atoms with Gasteiger partial charge in [-0.05, 0) is 104 Å². The van der Waals surface area contributed by atoms with Crippen LogP contribution in [0.15, 0.2) is 0 Å². The highest BCUT2D eigenvalue weighted by Gasteiger charge is 2.44. The van der Waals surface area contributed by atoms with Crippen LogP contribution in [0.5, 0.6) is 6.01 Å². The third-order valence-corrected chi connectivity index (χ3v) is 10.7. The van der Waals surface area contributed by atoms with Crippen LogP contribution in [-0.4, -0.2) is 69.4 Å². The van der Waals surface area contributed by atoms with Crippen molar-refractivity contribution in [2.75, 3.05) is 22.9 Å². The maximum Gasteiger partial charge on any atom is 0.323 e. The SMILES string of the molecule is CCC(C)(C)C(CC#N)N(c1nc(OC(C)C)nc(N(C2CCNC(C)(C)C2)C(CC#N)C(C)(C)CC)n1)C1CCNC(C)(C)C1. The van der Waals surface area contributed by atoms with Gasteiger partial charge in [0.05, 0.1) is 43.2 Å². The Morgan fingerprint density at radius 3 is 1.48 bits per heavy atom. The van der Waals surface area contributed by atoms with Crippen LogP contribution in [0.2, 0.25) is 0 Å². The van der Waals surface area contributed by atoms with Crippen molar-refractivity contribution < 1.29 is 4.74 Å². The summed E-state index contributed by atoms with van der Waals surface area (Å²) < 4.78 is 6.29. The zero-order chi connectivity index (χ0) is 34.5. The molecule has 2 aliphatic rings. The number of hydrogen-bond acceptors (Lipinski definition) is 10. The lowest BCUT2D eigenvalue weighted by Gasteiger charge is -2.50. The van der Waals surface area contributed by atoms with Crippen LogP contribution < -0.4 is 25.2 Å². The van der Waals surface area contributed by atoms with E-state index in [1.807, 2.05) is 13.8 Å². The van der Waals surface area contributed by atoms with Gasteiger partial charge in [-0.25, -0.2) is 0 Å². The van der Waals surface area contributed by atoms with Crippen molar-refractivity contribution in [3.8, 4) is 18.1 Å². The first-order chi connectivity index (χ1) is 21.4. The zero-order valence-electron chi connectivity index (χ0n) is 31.0. The zero-order valence-corrected chi connectivity index (χ0v) is 31.0. The van der Waals surface area contributed by atoms with Gasteiger partial charge in [0.15, 0.2) is 0 Å². The van der Waals surface area contributed by atoms with Crippen LogP contribution in [0.25, 0.3) is 0 Å². The number of nitrogens with one attached hydrogen (secondary N) is 2. The largest absolute Gasteiger partial charge is 0.461 e. The van der Waals surface area contributed by atoms with Gasteiger partial charge in [-0.1, -0.05) is 41.5 Å². The molecule has 0 saturated carbocycles. The average molecular weight is 638 g/mol. The van der Waals surface area contributed by atoms with E-state index < -0.39 is 0 Å². The number of piperidine rings is 2. The molecule has 1 aromatic rings. The molecule has 4 unspecified atom stereocenters. The molecule has 0 bridgehead atoms. The summed E-state index contributed by atoms with van der Waals surface area (Å²) in [5, 5.41) is 27.7. The molecule has 1 aromatic heterocycles. The molecule has 0 aromatic carbocycles. The molecule has 0 radical (unpaired) electrons. The topological polar surface area (TPSA) is 126 Å². The van der Waals surface area contributed by atoms with E-state index in [2.05, 4.69) is 102 Å². The Hall–Kier alpha value is -2.69. The van der Waals surface area contributed by atoms with Gasteiger partial charge in [-0.2, -0.15) is 25.5 Å². The Balaban J connectivity index is 2.36. The first kappa shape index (κ1) is 37.8. The molecule has 2 saturated heterocycles. The number of nitriles is 2. The number of nitrogens with zero attached hydrogens (tertiary/aromatic N) is 7. The quantitative estimate of drug-likeness (QED) is 0.226. The van der Waals surface area contributed by atoms with E-state index in [0.29, 0.717) is 30.7 Å². The monoisotopic (exact) mass is 638 g/mol. The van der Waals surface area contributed by atoms with Crippen molar-refractivity contribution in [1.82, 2.24) is 25.6 Å². The van der Waals surface area contributed by atoms with E-state index in [0.717, 1.165) is 51.6 Å². The molecular formula is C36H63N9O. The lowest BCUT2D eigenvalue weighted by atomic mass is 9.77. The lowest BCUT2D eigenvalue weighted by Crippen LogP contribution is -2.59. The van der Waals surface area contributed by atoms with Crippen LogP contribution >= 0.6 is 0 Å². The second-order valence-electron chi connectivity index (χ2n) is 16.6. The van der Waals surface area contributed by atoms with Crippen molar-refractivity contribution in [3.05, 3.63) is 0 Å². The summed E-state index contributed by atoms with van der Waals surface area (Å²) in [6.07, 6.45) is 6.01. The van der Waals surface area contributed by atoms with Crippen LogP contribution in [0.3, 0.4) is 0 Å². The standard InChI is InChI=1S/C36H63N9O/c1-13-33(5,6)28(15-19-37)44(26-17-21-39-35(9,10)23-26)30-41-31(43-32(42-30)46-25(3)4)45(27-18-22-40-36(11,12)24-27)29(16-20-38)34(7,8)14-2/h25-29,39-40H,13-18,21-24H2,1-12H3. The average Bonchev–Trinajstić information content (AvgIpc) is 2.95. The number of ether oxygens (including phenoxy) is 1. The molecule has 10 heteroatoms. The molecule has 4 atom stereocenters. The second-order valence-corrected chi connectivity index (χ2v) is 16.6. The Morgan fingerprint density at radius 2 is 1.17 bits per heavy atom. The molecule has 258 valence electrons. The van der Waals surface area contributed by atoms with E-state index in [9.17, 15) is 10.5 Å². The van der Waals surface area contributed by atoms with Gasteiger partial charge in [-0.3, -0.25) is 0 Å². The molecule has 2 fully saturated rings. The van der Waals surface area contributed by atoms with E-state index in [1.54, 1.807) is 0 Å². The predicted octanol–water partition coefficient (Wildman–Crippen LogP) is 6.77. The van der Waals surface area contributed by atoms with Gasteiger partial charge >= 0.3 is 6.01 Å². The molecular weight excluding hydrogens is 574 g/mol. The Kier molecular flexibility index (Phi) is 12.3. The summed E-state index contributed by atoms with van der Waals surface area (Å²) >= 11 is 0. The number of anilines is 2. The molecule has 2 N–H and O–H groups in total. The summed E-state index contributed by atoms with van der Waals surface area (Å²) in [4.78, 5) is 20.2. The Morgan fingerprint density at radius 1 is 0.783 bits per heavy atom. The van der Waals surface area contributed by atoms with Crippen molar-refractivity contribution in [3.63, 3.8) is 0 Å². The van der Waals surface area contributed by atoms with Crippen molar-refractivity contribution >= 4 is 11.9 Å². The summed E-state index contributed by atoms with van der Waals surface area (Å²) in [6.45, 7) is 28.1. The van der Waals surface area contributed by atoms with Gasteiger partial charge in [-0.15, -0.1) is 0 Å². The third-order valence-electron chi connectivity index (χ3n) is 10.7. The first-order valence-corrected chi connectivity index (χ1v) is 17.6. The third kappa shape index (κ3) is 9.22. The van der Waals surface area contributed by atoms with Gasteiger partial charge < -0.3 is 25.2 Å².